The maximum absolute atomic E-state index is 14.7. The van der Waals surface area contributed by atoms with Gasteiger partial charge in [-0.15, -0.1) is 0 Å². The molecule has 10 heteroatoms. The van der Waals surface area contributed by atoms with Gasteiger partial charge in [-0.05, 0) is 86.3 Å². The molecule has 0 aromatic heterocycles. The van der Waals surface area contributed by atoms with E-state index in [2.05, 4.69) is 0 Å². The van der Waals surface area contributed by atoms with Gasteiger partial charge in [-0.3, -0.25) is 19.2 Å². The summed E-state index contributed by atoms with van der Waals surface area (Å²) in [6, 6.07) is 8.86. The summed E-state index contributed by atoms with van der Waals surface area (Å²) in [5.74, 6) is -5.59. The van der Waals surface area contributed by atoms with Crippen LogP contribution < -0.4 is 4.74 Å². The highest BCUT2D eigenvalue weighted by atomic mass is 16.5. The van der Waals surface area contributed by atoms with Crippen LogP contribution in [0.2, 0.25) is 0 Å². The molecule has 274 valence electrons. The van der Waals surface area contributed by atoms with Crippen LogP contribution >= 0.6 is 0 Å². The van der Waals surface area contributed by atoms with Gasteiger partial charge in [-0.1, -0.05) is 53.7 Å². The Kier molecular flexibility index (Phi) is 9.84. The molecule has 0 radical (unpaired) electrons. The summed E-state index contributed by atoms with van der Waals surface area (Å²) >= 11 is 0. The Morgan fingerprint density at radius 2 is 1.67 bits per heavy atom. The van der Waals surface area contributed by atoms with Gasteiger partial charge < -0.3 is 29.9 Å². The number of phenolic OH excluding ortho intramolecular Hbond substituents is 1. The quantitative estimate of drug-likeness (QED) is 0.156. The van der Waals surface area contributed by atoms with Crippen LogP contribution in [-0.2, 0) is 36.8 Å². The minimum atomic E-state index is -2.68. The van der Waals surface area contributed by atoms with Crippen molar-refractivity contribution in [2.24, 2.45) is 34.5 Å². The van der Waals surface area contributed by atoms with Crippen LogP contribution in [0.25, 0.3) is 16.9 Å². The van der Waals surface area contributed by atoms with E-state index in [1.165, 1.54) is 6.07 Å². The highest BCUT2D eigenvalue weighted by Gasteiger charge is 2.72. The molecule has 2 aromatic rings. The molecule has 5 atom stereocenters. The predicted molar refractivity (Wildman–Crippen MR) is 191 cm³/mol. The molecule has 0 heterocycles. The van der Waals surface area contributed by atoms with Crippen molar-refractivity contribution < 1.29 is 49.1 Å². The number of methoxy groups -OCH3 is 1. The van der Waals surface area contributed by atoms with Gasteiger partial charge in [-0.25, -0.2) is 0 Å². The van der Waals surface area contributed by atoms with E-state index in [4.69, 9.17) is 9.47 Å². The van der Waals surface area contributed by atoms with Crippen LogP contribution in [0.4, 0.5) is 0 Å². The summed E-state index contributed by atoms with van der Waals surface area (Å²) in [7, 11) is 1.54. The van der Waals surface area contributed by atoms with Crippen LogP contribution in [0, 0.1) is 34.5 Å². The first-order chi connectivity index (χ1) is 23.8. The summed E-state index contributed by atoms with van der Waals surface area (Å²) in [6.07, 6.45) is 1.24. The fourth-order valence-corrected chi connectivity index (χ4v) is 9.39. The Labute approximate surface area is 299 Å². The molecule has 3 aliphatic carbocycles. The number of fused-ring (bicyclic) bond motifs is 3. The minimum Gasteiger partial charge on any atom is -0.508 e. The van der Waals surface area contributed by atoms with Gasteiger partial charge in [-0.2, -0.15) is 0 Å². The van der Waals surface area contributed by atoms with Crippen molar-refractivity contribution in [2.75, 3.05) is 13.7 Å². The van der Waals surface area contributed by atoms with Crippen LogP contribution in [0.3, 0.4) is 0 Å². The number of Topliss-reactive ketones (excluding diaryl/α,β-unsaturated/α-hetero) is 3. The topological polar surface area (TPSA) is 168 Å². The van der Waals surface area contributed by atoms with Gasteiger partial charge in [0, 0.05) is 27.9 Å². The van der Waals surface area contributed by atoms with Gasteiger partial charge >= 0.3 is 5.97 Å². The lowest BCUT2D eigenvalue weighted by molar-refractivity contribution is -0.178. The largest absolute Gasteiger partial charge is 0.508 e. The number of phenols is 1. The van der Waals surface area contributed by atoms with Gasteiger partial charge in [0.1, 0.15) is 28.6 Å². The van der Waals surface area contributed by atoms with E-state index < -0.39 is 62.7 Å². The second-order valence-electron chi connectivity index (χ2n) is 15.6. The summed E-state index contributed by atoms with van der Waals surface area (Å²) in [6.45, 7) is 14.1. The molecule has 1 saturated carbocycles. The Bertz CT molecular complexity index is 1880. The Morgan fingerprint density at radius 3 is 2.24 bits per heavy atom. The molecular formula is C41H50O10. The molecule has 0 bridgehead atoms. The first-order valence-electron chi connectivity index (χ1n) is 17.7. The number of carbonyl (C=O) groups is 4. The number of benzene rings is 2. The molecule has 1 fully saturated rings. The number of carbonyl (C=O) groups excluding carboxylic acids is 4. The number of ether oxygens (including phenoxy) is 2. The lowest BCUT2D eigenvalue weighted by atomic mass is 9.43. The molecule has 4 N–H and O–H groups in total. The van der Waals surface area contributed by atoms with E-state index in [-0.39, 0.29) is 47.5 Å². The molecule has 51 heavy (non-hydrogen) atoms. The summed E-state index contributed by atoms with van der Waals surface area (Å²) in [5.41, 5.74) is -3.42. The van der Waals surface area contributed by atoms with E-state index >= 15 is 0 Å². The maximum atomic E-state index is 14.7. The Balaban J connectivity index is 1.69. The second-order valence-corrected chi connectivity index (χ2v) is 15.6. The molecule has 3 aliphatic rings. The average Bonchev–Trinajstić information content (AvgIpc) is 3.02. The molecule has 2 aromatic carbocycles. The number of aliphatic hydroxyl groups is 3. The van der Waals surface area contributed by atoms with E-state index in [0.29, 0.717) is 41.9 Å². The number of aliphatic hydroxyl groups excluding tert-OH is 2. The van der Waals surface area contributed by atoms with Crippen LogP contribution in [0.5, 0.6) is 11.5 Å². The lowest BCUT2D eigenvalue weighted by Crippen LogP contribution is -2.69. The highest BCUT2D eigenvalue weighted by molar-refractivity contribution is 6.24. The van der Waals surface area contributed by atoms with E-state index in [9.17, 15) is 39.6 Å². The van der Waals surface area contributed by atoms with Gasteiger partial charge in [0.05, 0.1) is 25.2 Å². The van der Waals surface area contributed by atoms with Gasteiger partial charge in [0.25, 0.3) is 0 Å². The Morgan fingerprint density at radius 1 is 1.00 bits per heavy atom. The molecule has 2 unspecified atom stereocenters. The Hall–Kier alpha value is -4.44. The van der Waals surface area contributed by atoms with Gasteiger partial charge in [0.15, 0.2) is 17.2 Å². The first-order valence-corrected chi connectivity index (χ1v) is 17.7. The van der Waals surface area contributed by atoms with Crippen molar-refractivity contribution >= 4 is 29.1 Å². The fourth-order valence-electron chi connectivity index (χ4n) is 9.39. The van der Waals surface area contributed by atoms with Crippen molar-refractivity contribution in [1.82, 2.24) is 0 Å². The van der Waals surface area contributed by atoms with E-state index in [1.807, 2.05) is 32.0 Å². The van der Waals surface area contributed by atoms with Crippen molar-refractivity contribution in [3.63, 3.8) is 0 Å². The summed E-state index contributed by atoms with van der Waals surface area (Å²) in [4.78, 5) is 53.8. The fraction of sp³-hybridized carbons (Fsp3) is 0.512. The van der Waals surface area contributed by atoms with Crippen LogP contribution in [0.15, 0.2) is 47.2 Å². The van der Waals surface area contributed by atoms with Crippen molar-refractivity contribution in [3.05, 3.63) is 63.9 Å². The van der Waals surface area contributed by atoms with E-state index in [1.54, 1.807) is 47.8 Å². The molecule has 0 amide bonds. The summed E-state index contributed by atoms with van der Waals surface area (Å²) < 4.78 is 11.1. The zero-order chi connectivity index (χ0) is 38.0. The smallest absolute Gasteiger partial charge is 0.309 e. The zero-order valence-electron chi connectivity index (χ0n) is 31.0. The first kappa shape index (κ1) is 37.8. The minimum absolute atomic E-state index is 0.0118. The van der Waals surface area contributed by atoms with Crippen LogP contribution in [0.1, 0.15) is 84.9 Å². The number of hydrogen-bond donors (Lipinski definition) is 4. The van der Waals surface area contributed by atoms with Crippen molar-refractivity contribution in [3.8, 4) is 22.6 Å². The van der Waals surface area contributed by atoms with Crippen molar-refractivity contribution in [2.45, 2.75) is 86.7 Å². The van der Waals surface area contributed by atoms with Crippen LogP contribution in [-0.4, -0.2) is 63.1 Å². The molecule has 5 rings (SSSR count). The zero-order valence-corrected chi connectivity index (χ0v) is 31.0. The molecule has 0 spiro atoms. The monoisotopic (exact) mass is 702 g/mol. The predicted octanol–water partition coefficient (Wildman–Crippen LogP) is 6.63. The van der Waals surface area contributed by atoms with E-state index in [0.717, 1.165) is 12.5 Å². The number of rotatable bonds is 10. The highest BCUT2D eigenvalue weighted by Crippen LogP contribution is 2.65. The third-order valence-electron chi connectivity index (χ3n) is 11.6. The third kappa shape index (κ3) is 5.66. The molecule has 0 aliphatic heterocycles. The standard InChI is InChI=1S/C41H50O10/c1-10-51-38(48)24(20(2)3)13-11-23-12-16-29(50-9)26(17-23)25-14-15-28(43)31-27(25)18-39(7)19-40(8)32(21(4)5)34(44)30(22(6)42)36(46)41(40,49)37(47)33(39)35(31)45/h12,14-17,20-21,24,32,43,45-46,49H,10-11,13,18-19H2,1-9H3/t24?,32?,39-,40-,41+/m1/s1. The van der Waals surface area contributed by atoms with Crippen molar-refractivity contribution in [1.29, 1.82) is 0 Å². The normalized spacial score (nSPS) is 26.5. The third-order valence-corrected chi connectivity index (χ3v) is 11.6. The molecule has 10 nitrogen and oxygen atoms in total. The average molecular weight is 703 g/mol. The number of hydrogen-bond acceptors (Lipinski definition) is 10. The SMILES string of the molecule is CCOC(=O)C(CCc1ccc(OC)c(-c2ccc(O)c3c2C[C@]2(C)C[C@]4(C)C(C(C)C)C(=O)C(C(C)=O)=C(O)[C@]4(O)C(=O)C2=C3O)c1)C(C)C. The molecule has 0 saturated heterocycles. The van der Waals surface area contributed by atoms with Gasteiger partial charge in [0.2, 0.25) is 5.78 Å². The number of allylic oxidation sites excluding steroid dienone is 1. The molecular weight excluding hydrogens is 652 g/mol. The second kappa shape index (κ2) is 13.3. The number of aromatic hydroxyl groups is 1. The lowest BCUT2D eigenvalue weighted by Gasteiger charge is -2.59. The summed E-state index contributed by atoms with van der Waals surface area (Å²) in [5, 5.41) is 46.9. The maximum Gasteiger partial charge on any atom is 0.309 e. The number of esters is 1. The number of ketones is 3. The number of aryl methyl sites for hydroxylation is 1.